The van der Waals surface area contributed by atoms with E-state index in [0.29, 0.717) is 25.2 Å². The van der Waals surface area contributed by atoms with E-state index in [-0.39, 0.29) is 5.41 Å². The molecule has 0 bridgehead atoms. The van der Waals surface area contributed by atoms with Gasteiger partial charge in [-0.15, -0.1) is 0 Å². The van der Waals surface area contributed by atoms with Gasteiger partial charge in [0.1, 0.15) is 5.75 Å². The van der Waals surface area contributed by atoms with Gasteiger partial charge in [0.25, 0.3) is 0 Å². The Kier molecular flexibility index (Phi) is 6.78. The molecule has 2 fully saturated rings. The van der Waals surface area contributed by atoms with Crippen LogP contribution in [0.3, 0.4) is 0 Å². The SMILES string of the molecule is CCOc1ccc(C2(CN=C(N)NC3CCCCC3)CCOCC2)cc1. The number of guanidine groups is 1. The van der Waals surface area contributed by atoms with Gasteiger partial charge < -0.3 is 20.5 Å². The average Bonchev–Trinajstić information content (AvgIpc) is 2.69. The van der Waals surface area contributed by atoms with Crippen LogP contribution >= 0.6 is 0 Å². The van der Waals surface area contributed by atoms with Gasteiger partial charge in [-0.1, -0.05) is 31.4 Å². The summed E-state index contributed by atoms with van der Waals surface area (Å²) < 4.78 is 11.2. The number of hydrogen-bond donors (Lipinski definition) is 2. The maximum absolute atomic E-state index is 6.21. The largest absolute Gasteiger partial charge is 0.494 e. The Morgan fingerprint density at radius 2 is 1.88 bits per heavy atom. The third kappa shape index (κ3) is 4.91. The molecule has 1 aromatic carbocycles. The van der Waals surface area contributed by atoms with Gasteiger partial charge in [-0.25, -0.2) is 0 Å². The fraction of sp³-hybridized carbons (Fsp3) is 0.667. The summed E-state index contributed by atoms with van der Waals surface area (Å²) in [6.45, 7) is 4.95. The van der Waals surface area contributed by atoms with E-state index in [0.717, 1.165) is 31.8 Å². The van der Waals surface area contributed by atoms with Crippen LogP contribution in [0, 0.1) is 0 Å². The fourth-order valence-electron chi connectivity index (χ4n) is 4.11. The van der Waals surface area contributed by atoms with Crippen molar-refractivity contribution in [2.75, 3.05) is 26.4 Å². The summed E-state index contributed by atoms with van der Waals surface area (Å²) in [6, 6.07) is 8.96. The van der Waals surface area contributed by atoms with E-state index in [4.69, 9.17) is 20.2 Å². The number of nitrogens with two attached hydrogens (primary N) is 1. The lowest BCUT2D eigenvalue weighted by molar-refractivity contribution is 0.0531. The van der Waals surface area contributed by atoms with Crippen molar-refractivity contribution >= 4 is 5.96 Å². The van der Waals surface area contributed by atoms with E-state index in [2.05, 4.69) is 29.6 Å². The fourth-order valence-corrected chi connectivity index (χ4v) is 4.11. The van der Waals surface area contributed by atoms with Crippen LogP contribution in [-0.2, 0) is 10.2 Å². The maximum atomic E-state index is 6.21. The average molecular weight is 360 g/mol. The second kappa shape index (κ2) is 9.26. The summed E-state index contributed by atoms with van der Waals surface area (Å²) in [4.78, 5) is 4.75. The van der Waals surface area contributed by atoms with Gasteiger partial charge in [-0.05, 0) is 50.3 Å². The number of nitrogens with one attached hydrogen (secondary N) is 1. The lowest BCUT2D eigenvalue weighted by Gasteiger charge is -2.36. The minimum atomic E-state index is 0.00184. The summed E-state index contributed by atoms with van der Waals surface area (Å²) in [5, 5.41) is 3.43. The highest BCUT2D eigenvalue weighted by Crippen LogP contribution is 2.36. The first-order valence-electron chi connectivity index (χ1n) is 10.1. The van der Waals surface area contributed by atoms with E-state index >= 15 is 0 Å². The molecule has 1 heterocycles. The molecule has 1 saturated heterocycles. The second-order valence-corrected chi connectivity index (χ2v) is 7.53. The highest BCUT2D eigenvalue weighted by Gasteiger charge is 2.34. The zero-order chi connectivity index (χ0) is 18.2. The van der Waals surface area contributed by atoms with Crippen LogP contribution in [0.5, 0.6) is 5.75 Å². The molecule has 3 rings (SSSR count). The smallest absolute Gasteiger partial charge is 0.188 e. The standard InChI is InChI=1S/C21H33N3O2/c1-2-26-19-10-8-17(9-11-19)21(12-14-25-15-13-21)16-23-20(22)24-18-6-4-3-5-7-18/h8-11,18H,2-7,12-16H2,1H3,(H3,22,23,24). The monoisotopic (exact) mass is 359 g/mol. The number of benzene rings is 1. The van der Waals surface area contributed by atoms with Crippen LogP contribution in [0.25, 0.3) is 0 Å². The van der Waals surface area contributed by atoms with Gasteiger partial charge in [-0.3, -0.25) is 4.99 Å². The van der Waals surface area contributed by atoms with Gasteiger partial charge >= 0.3 is 0 Å². The molecule has 0 radical (unpaired) electrons. The normalized spacial score (nSPS) is 21.3. The minimum Gasteiger partial charge on any atom is -0.494 e. The quantitative estimate of drug-likeness (QED) is 0.603. The predicted molar refractivity (Wildman–Crippen MR) is 106 cm³/mol. The molecule has 0 unspecified atom stereocenters. The lowest BCUT2D eigenvalue weighted by Crippen LogP contribution is -2.43. The van der Waals surface area contributed by atoms with Crippen LogP contribution in [0.15, 0.2) is 29.3 Å². The van der Waals surface area contributed by atoms with Gasteiger partial charge in [0.2, 0.25) is 0 Å². The molecule has 3 N–H and O–H groups in total. The van der Waals surface area contributed by atoms with Gasteiger partial charge in [-0.2, -0.15) is 0 Å². The van der Waals surface area contributed by atoms with E-state index in [1.54, 1.807) is 0 Å². The molecule has 0 spiro atoms. The molecule has 1 aliphatic carbocycles. The summed E-state index contributed by atoms with van der Waals surface area (Å²) in [5.41, 5.74) is 7.52. The molecule has 1 saturated carbocycles. The molecule has 1 aliphatic heterocycles. The second-order valence-electron chi connectivity index (χ2n) is 7.53. The van der Waals surface area contributed by atoms with E-state index in [9.17, 15) is 0 Å². The maximum Gasteiger partial charge on any atom is 0.188 e. The Balaban J connectivity index is 1.69. The van der Waals surface area contributed by atoms with Crippen molar-refractivity contribution in [1.29, 1.82) is 0 Å². The Bertz CT molecular complexity index is 573. The first-order chi connectivity index (χ1) is 12.7. The lowest BCUT2D eigenvalue weighted by atomic mass is 9.74. The highest BCUT2D eigenvalue weighted by atomic mass is 16.5. The third-order valence-corrected chi connectivity index (χ3v) is 5.74. The molecule has 5 heteroatoms. The number of aliphatic imine (C=N–C) groups is 1. The van der Waals surface area contributed by atoms with Crippen LogP contribution in [0.2, 0.25) is 0 Å². The first-order valence-corrected chi connectivity index (χ1v) is 10.1. The third-order valence-electron chi connectivity index (χ3n) is 5.74. The molecule has 0 aromatic heterocycles. The van der Waals surface area contributed by atoms with Crippen molar-refractivity contribution in [3.8, 4) is 5.75 Å². The van der Waals surface area contributed by atoms with Crippen molar-refractivity contribution in [1.82, 2.24) is 5.32 Å². The summed E-state index contributed by atoms with van der Waals surface area (Å²) in [6.07, 6.45) is 8.28. The predicted octanol–water partition coefficient (Wildman–Crippen LogP) is 3.37. The Morgan fingerprint density at radius 3 is 2.54 bits per heavy atom. The zero-order valence-corrected chi connectivity index (χ0v) is 16.0. The number of rotatable bonds is 6. The minimum absolute atomic E-state index is 0.00184. The molecule has 0 amide bonds. The summed E-state index contributed by atoms with van der Waals surface area (Å²) in [7, 11) is 0. The van der Waals surface area contributed by atoms with Gasteiger partial charge in [0.05, 0.1) is 13.2 Å². The van der Waals surface area contributed by atoms with E-state index in [1.807, 2.05) is 6.92 Å². The van der Waals surface area contributed by atoms with Crippen LogP contribution in [0.1, 0.15) is 57.4 Å². The summed E-state index contributed by atoms with van der Waals surface area (Å²) in [5.74, 6) is 1.51. The molecular weight excluding hydrogens is 326 g/mol. The van der Waals surface area contributed by atoms with E-state index in [1.165, 1.54) is 37.7 Å². The number of ether oxygens (including phenoxy) is 2. The Hall–Kier alpha value is -1.75. The number of hydrogen-bond acceptors (Lipinski definition) is 3. The van der Waals surface area contributed by atoms with E-state index < -0.39 is 0 Å². The van der Waals surface area contributed by atoms with Crippen molar-refractivity contribution in [3.05, 3.63) is 29.8 Å². The van der Waals surface area contributed by atoms with Crippen molar-refractivity contribution in [3.63, 3.8) is 0 Å². The topological polar surface area (TPSA) is 68.9 Å². The Labute approximate surface area is 157 Å². The molecule has 0 atom stereocenters. The van der Waals surface area contributed by atoms with Crippen molar-refractivity contribution in [2.45, 2.75) is 63.3 Å². The molecule has 2 aliphatic rings. The Morgan fingerprint density at radius 1 is 1.19 bits per heavy atom. The molecular formula is C21H33N3O2. The molecule has 5 nitrogen and oxygen atoms in total. The number of nitrogens with zero attached hydrogens (tertiary/aromatic N) is 1. The highest BCUT2D eigenvalue weighted by molar-refractivity contribution is 5.78. The van der Waals surface area contributed by atoms with Gasteiger partial charge in [0, 0.05) is 24.7 Å². The van der Waals surface area contributed by atoms with Crippen molar-refractivity contribution in [2.24, 2.45) is 10.7 Å². The molecule has 26 heavy (non-hydrogen) atoms. The first kappa shape index (κ1) is 19.0. The molecule has 1 aromatic rings. The zero-order valence-electron chi connectivity index (χ0n) is 16.0. The van der Waals surface area contributed by atoms with Crippen LogP contribution in [0.4, 0.5) is 0 Å². The van der Waals surface area contributed by atoms with Crippen LogP contribution in [-0.4, -0.2) is 38.4 Å². The van der Waals surface area contributed by atoms with Crippen molar-refractivity contribution < 1.29 is 9.47 Å². The summed E-state index contributed by atoms with van der Waals surface area (Å²) >= 11 is 0. The van der Waals surface area contributed by atoms with Crippen LogP contribution < -0.4 is 15.8 Å². The van der Waals surface area contributed by atoms with Gasteiger partial charge in [0.15, 0.2) is 5.96 Å². The molecule has 144 valence electrons.